The topological polar surface area (TPSA) is 530 Å². The fraction of sp³-hybridized carbons (Fsp3) is 0.608. The zero-order valence-electron chi connectivity index (χ0n) is 67.7. The van der Waals surface area contributed by atoms with E-state index in [1.165, 1.54) is 17.2 Å². The molecule has 0 bridgehead atoms. The summed E-state index contributed by atoms with van der Waals surface area (Å²) in [7, 11) is 0. The Morgan fingerprint density at radius 3 is 1.66 bits per heavy atom. The molecule has 8 amide bonds. The molecule has 4 atom stereocenters. The maximum absolute atomic E-state index is 13.7. The summed E-state index contributed by atoms with van der Waals surface area (Å²) in [5.41, 5.74) is 4.76. The van der Waals surface area contributed by atoms with Gasteiger partial charge in [0.2, 0.25) is 23.6 Å². The number of carbonyl (C=O) groups is 11. The van der Waals surface area contributed by atoms with Gasteiger partial charge in [0, 0.05) is 102 Å². The number of aryl methyl sites for hydroxylation is 2. The van der Waals surface area contributed by atoms with Gasteiger partial charge in [-0.1, -0.05) is 47.2 Å². The highest BCUT2D eigenvalue weighted by Gasteiger charge is 2.27. The summed E-state index contributed by atoms with van der Waals surface area (Å²) in [6.45, 7) is 9.32. The van der Waals surface area contributed by atoms with Gasteiger partial charge in [0.05, 0.1) is 117 Å². The molecule has 40 heteroatoms. The smallest absolute Gasteiger partial charge is 0.354 e. The van der Waals surface area contributed by atoms with E-state index in [-0.39, 0.29) is 134 Å². The summed E-state index contributed by atoms with van der Waals surface area (Å²) in [5, 5.41) is 82.9. The van der Waals surface area contributed by atoms with Crippen LogP contribution in [0.25, 0.3) is 11.3 Å². The quantitative estimate of drug-likeness (QED) is 0.0217. The van der Waals surface area contributed by atoms with E-state index in [9.17, 15) is 73.2 Å². The summed E-state index contributed by atoms with van der Waals surface area (Å²) in [6.07, 6.45) is 8.12. The molecule has 0 unspecified atom stereocenters. The number of aromatic nitrogens is 4. The predicted octanol–water partition coefficient (Wildman–Crippen LogP) is 4.24. The van der Waals surface area contributed by atoms with Crippen LogP contribution in [0, 0.1) is 6.92 Å². The SMILES string of the molecule is Cc1ccc(CCCC(=O)NCCCC[C@H](NC(=O)CCOCCOCCNC(=O)[C@H](CCCCNC(=S)Nc2cc(CN3CCOCCOCCCCCOCCOCC3)nc(C(=O)O)c2)NC(=O)CCOCCOCCn2nncc2-c2cccc(NC(=O)NCCCC[C@H](NC(=O)N[C@@H](CCC(=O)O)C(=O)O)C(=O)O)c2)C(=O)O)cc1. The van der Waals surface area contributed by atoms with Gasteiger partial charge in [0.15, 0.2) is 10.8 Å². The third kappa shape index (κ3) is 46.1. The van der Waals surface area contributed by atoms with Gasteiger partial charge < -0.3 is 117 Å². The van der Waals surface area contributed by atoms with E-state index in [0.29, 0.717) is 152 Å². The van der Waals surface area contributed by atoms with Gasteiger partial charge in [-0.15, -0.1) is 5.10 Å². The Labute approximate surface area is 697 Å². The fourth-order valence-electron chi connectivity index (χ4n) is 11.8. The third-order valence-corrected chi connectivity index (χ3v) is 18.4. The number of rotatable bonds is 54. The highest BCUT2D eigenvalue weighted by molar-refractivity contribution is 7.80. The maximum Gasteiger partial charge on any atom is 0.354 e. The molecule has 1 fully saturated rings. The monoisotopic (exact) mass is 1690 g/mol. The second kappa shape index (κ2) is 60.3. The first-order valence-corrected chi connectivity index (χ1v) is 40.8. The minimum atomic E-state index is -1.54. The summed E-state index contributed by atoms with van der Waals surface area (Å²) >= 11 is 5.63. The standard InChI is InChI=1S/C79H119N15O24S/c1-56-20-22-57(23-21-56)13-11-19-68(95)80-28-6-4-17-63(73(101)102)89-70(97)27-38-113-45-47-115-39-31-81-72(100)62(16-3-8-30-83-79(119)87-60-52-61(85-66(53-60)76(107)108)55-93-32-40-116-48-43-111-35-9-2-10-36-112-44-49-117-41-33-93)88-69(96)26-37-114-46-50-118-42-34-94-67(54-84-92-94)58-14-12-15-59(51-58)86-77(109)82-29-7-5-18-64(74(103)104)90-78(110)91-65(75(105)106)24-25-71(98)99/h12,14-15,20-23,51-54,62-65H,2-11,13,16-19,24-50,55H2,1H3,(H,80,95)(H,81,100)(H,88,96)(H,89,97)(H,98,99)(H,101,102)(H,103,104)(H,105,106)(H,107,108)(H2,82,86,109)(H2,90,91,110)(H2,83,85,87,119)/t62-,63-,64-,65-/m0/s1. The van der Waals surface area contributed by atoms with Crippen LogP contribution >= 0.6 is 12.2 Å². The third-order valence-electron chi connectivity index (χ3n) is 18.2. The van der Waals surface area contributed by atoms with Gasteiger partial charge in [-0.3, -0.25) is 28.9 Å². The lowest BCUT2D eigenvalue weighted by atomic mass is 10.1. The summed E-state index contributed by atoms with van der Waals surface area (Å²) in [5.74, 6) is -7.99. The number of hydrogen-bond acceptors (Lipinski definition) is 24. The van der Waals surface area contributed by atoms with Crippen molar-refractivity contribution < 1.29 is 116 Å². The zero-order chi connectivity index (χ0) is 86.0. The Balaban J connectivity index is 1.03. The van der Waals surface area contributed by atoms with Crippen molar-refractivity contribution in [1.82, 2.24) is 67.4 Å². The van der Waals surface area contributed by atoms with Crippen LogP contribution < -0.4 is 53.2 Å². The van der Waals surface area contributed by atoms with Crippen molar-refractivity contribution in [2.24, 2.45) is 0 Å². The van der Waals surface area contributed by atoms with Gasteiger partial charge in [-0.05, 0) is 145 Å². The van der Waals surface area contributed by atoms with E-state index >= 15 is 0 Å². The number of pyridine rings is 1. The van der Waals surface area contributed by atoms with Crippen LogP contribution in [0.5, 0.6) is 0 Å². The minimum Gasteiger partial charge on any atom is -0.481 e. The van der Waals surface area contributed by atoms with Crippen molar-refractivity contribution in [2.45, 2.75) is 166 Å². The molecule has 0 saturated carbocycles. The number of thiocarbonyl (C=S) groups is 1. The van der Waals surface area contributed by atoms with Crippen LogP contribution in [0.3, 0.4) is 0 Å². The molecule has 4 aromatic rings. The van der Waals surface area contributed by atoms with Crippen LogP contribution in [0.4, 0.5) is 21.0 Å². The number of nitrogens with one attached hydrogen (secondary N) is 10. The molecule has 15 N–H and O–H groups in total. The first-order valence-electron chi connectivity index (χ1n) is 40.3. The van der Waals surface area contributed by atoms with Crippen LogP contribution in [0.1, 0.15) is 143 Å². The number of amides is 8. The average Bonchev–Trinajstić information content (AvgIpc) is 1.81. The molecule has 39 nitrogen and oxygen atoms in total. The molecular formula is C79H119N15O24S. The van der Waals surface area contributed by atoms with Crippen LogP contribution in [-0.4, -0.2) is 290 Å². The average molecular weight is 1690 g/mol. The molecule has 0 radical (unpaired) electrons. The second-order valence-corrected chi connectivity index (χ2v) is 28.2. The Morgan fingerprint density at radius 2 is 1.05 bits per heavy atom. The van der Waals surface area contributed by atoms with E-state index in [4.69, 9.17) is 55.2 Å². The van der Waals surface area contributed by atoms with E-state index in [0.717, 1.165) is 25.7 Å². The number of carboxylic acid groups (broad SMARTS) is 5. The van der Waals surface area contributed by atoms with Crippen molar-refractivity contribution in [3.63, 3.8) is 0 Å². The van der Waals surface area contributed by atoms with Crippen LogP contribution in [0.15, 0.2) is 66.9 Å². The molecule has 2 aromatic carbocycles. The molecular weight excluding hydrogens is 1580 g/mol. The number of nitrogens with zero attached hydrogens (tertiary/aromatic N) is 5. The van der Waals surface area contributed by atoms with Crippen molar-refractivity contribution >= 4 is 94.2 Å². The van der Waals surface area contributed by atoms with E-state index in [2.05, 4.69) is 85.5 Å². The molecule has 2 aromatic heterocycles. The number of carbonyl (C=O) groups excluding carboxylic acids is 6. The van der Waals surface area contributed by atoms with Gasteiger partial charge in [-0.25, -0.2) is 38.4 Å². The molecule has 1 aliphatic heterocycles. The largest absolute Gasteiger partial charge is 0.481 e. The Hall–Kier alpha value is -10.2. The van der Waals surface area contributed by atoms with Gasteiger partial charge in [-0.2, -0.15) is 0 Å². The lowest BCUT2D eigenvalue weighted by Crippen LogP contribution is -2.51. The molecule has 660 valence electrons. The normalized spacial score (nSPS) is 14.2. The number of ether oxygens (including phenoxy) is 8. The highest BCUT2D eigenvalue weighted by atomic mass is 32.1. The van der Waals surface area contributed by atoms with Crippen molar-refractivity contribution in [2.75, 3.05) is 156 Å². The molecule has 3 heterocycles. The van der Waals surface area contributed by atoms with Crippen molar-refractivity contribution in [1.29, 1.82) is 0 Å². The first-order chi connectivity index (χ1) is 57.5. The molecule has 0 spiro atoms. The number of unbranched alkanes of at least 4 members (excludes halogenated alkanes) is 3. The number of benzene rings is 2. The number of urea groups is 2. The molecule has 1 saturated heterocycles. The number of hydrogen-bond donors (Lipinski definition) is 15. The summed E-state index contributed by atoms with van der Waals surface area (Å²) in [6, 6.07) is 11.6. The molecule has 0 aliphatic carbocycles. The second-order valence-electron chi connectivity index (χ2n) is 27.8. The molecule has 1 aliphatic rings. The maximum atomic E-state index is 13.7. The van der Waals surface area contributed by atoms with Crippen molar-refractivity contribution in [3.05, 3.63) is 89.4 Å². The first kappa shape index (κ1) is 99.4. The lowest BCUT2D eigenvalue weighted by molar-refractivity contribution is -0.142. The Bertz CT molecular complexity index is 3720. The fourth-order valence-corrected chi connectivity index (χ4v) is 12.0. The zero-order valence-corrected chi connectivity index (χ0v) is 68.5. The molecule has 119 heavy (non-hydrogen) atoms. The van der Waals surface area contributed by atoms with Gasteiger partial charge in [0.1, 0.15) is 24.2 Å². The predicted molar refractivity (Wildman–Crippen MR) is 437 cm³/mol. The Morgan fingerprint density at radius 1 is 0.496 bits per heavy atom. The number of aliphatic carboxylic acids is 4. The van der Waals surface area contributed by atoms with Crippen molar-refractivity contribution in [3.8, 4) is 11.3 Å². The lowest BCUT2D eigenvalue weighted by Gasteiger charge is -2.22. The van der Waals surface area contributed by atoms with E-state index in [1.807, 2.05) is 19.1 Å². The van der Waals surface area contributed by atoms with Crippen LogP contribution in [-0.2, 0) is 95.8 Å². The number of anilines is 2. The number of aromatic carboxylic acids is 1. The molecule has 5 rings (SSSR count). The van der Waals surface area contributed by atoms with E-state index in [1.54, 1.807) is 41.2 Å². The summed E-state index contributed by atoms with van der Waals surface area (Å²) in [4.78, 5) is 142. The summed E-state index contributed by atoms with van der Waals surface area (Å²) < 4.78 is 47.5. The minimum absolute atomic E-state index is 0.000588. The van der Waals surface area contributed by atoms with Gasteiger partial charge in [0.25, 0.3) is 0 Å². The van der Waals surface area contributed by atoms with Crippen LogP contribution in [0.2, 0.25) is 0 Å². The Kier molecular flexibility index (Phi) is 50.4. The highest BCUT2D eigenvalue weighted by Crippen LogP contribution is 2.23. The number of carboxylic acids is 5. The van der Waals surface area contributed by atoms with Gasteiger partial charge >= 0.3 is 41.9 Å². The van der Waals surface area contributed by atoms with E-state index < -0.39 is 96.6 Å².